The average Bonchev–Trinajstić information content (AvgIpc) is 3.38. The van der Waals surface area contributed by atoms with Crippen LogP contribution in [0, 0.1) is 5.92 Å². The van der Waals surface area contributed by atoms with Crippen molar-refractivity contribution < 1.29 is 9.53 Å². The van der Waals surface area contributed by atoms with E-state index >= 15 is 0 Å². The third kappa shape index (κ3) is 3.42. The van der Waals surface area contributed by atoms with Crippen molar-refractivity contribution in [1.82, 2.24) is 24.6 Å². The summed E-state index contributed by atoms with van der Waals surface area (Å²) < 4.78 is 7.98. The predicted molar refractivity (Wildman–Crippen MR) is 91.0 cm³/mol. The van der Waals surface area contributed by atoms with E-state index in [2.05, 4.69) is 22.0 Å². The number of amides is 1. The fraction of sp³-hybridized carbons (Fsp3) is 0.556. The lowest BCUT2D eigenvalue weighted by Crippen LogP contribution is -2.40. The Hall–Kier alpha value is -2.28. The van der Waals surface area contributed by atoms with Gasteiger partial charge in [0.1, 0.15) is 5.69 Å². The number of carbonyl (C=O) groups excluding carboxylic acids is 1. The molecule has 2 aliphatic rings. The van der Waals surface area contributed by atoms with Gasteiger partial charge in [-0.3, -0.25) is 14.5 Å². The maximum Gasteiger partial charge on any atom is 0.274 e. The molecule has 0 bridgehead atoms. The van der Waals surface area contributed by atoms with Crippen molar-refractivity contribution in [2.45, 2.75) is 38.8 Å². The topological polar surface area (TPSA) is 73.1 Å². The van der Waals surface area contributed by atoms with Crippen LogP contribution in [0.1, 0.15) is 47.4 Å². The molecule has 7 heteroatoms. The number of ether oxygens (including phenoxy) is 1. The van der Waals surface area contributed by atoms with Crippen molar-refractivity contribution >= 4 is 5.91 Å². The highest BCUT2D eigenvalue weighted by Crippen LogP contribution is 2.32. The molecule has 2 aromatic heterocycles. The summed E-state index contributed by atoms with van der Waals surface area (Å²) in [6.07, 6.45) is 9.08. The zero-order valence-corrected chi connectivity index (χ0v) is 14.5. The van der Waals surface area contributed by atoms with Crippen molar-refractivity contribution in [2.75, 3.05) is 19.8 Å². The van der Waals surface area contributed by atoms with Gasteiger partial charge in [0.15, 0.2) is 0 Å². The lowest BCUT2D eigenvalue weighted by molar-refractivity contribution is 0.0615. The van der Waals surface area contributed by atoms with Gasteiger partial charge < -0.3 is 9.64 Å². The van der Waals surface area contributed by atoms with Crippen molar-refractivity contribution in [3.63, 3.8) is 0 Å². The van der Waals surface area contributed by atoms with Crippen molar-refractivity contribution in [2.24, 2.45) is 5.92 Å². The van der Waals surface area contributed by atoms with Crippen LogP contribution in [0.25, 0.3) is 0 Å². The van der Waals surface area contributed by atoms with E-state index in [1.807, 2.05) is 15.8 Å². The van der Waals surface area contributed by atoms with Gasteiger partial charge in [-0.2, -0.15) is 5.10 Å². The first kappa shape index (κ1) is 16.2. The van der Waals surface area contributed by atoms with E-state index in [0.717, 1.165) is 24.6 Å². The van der Waals surface area contributed by atoms with Crippen LogP contribution >= 0.6 is 0 Å². The van der Waals surface area contributed by atoms with E-state index in [-0.39, 0.29) is 11.8 Å². The van der Waals surface area contributed by atoms with Crippen LogP contribution in [-0.2, 0) is 17.8 Å². The smallest absolute Gasteiger partial charge is 0.274 e. The zero-order chi connectivity index (χ0) is 17.2. The van der Waals surface area contributed by atoms with Gasteiger partial charge in [-0.25, -0.2) is 4.98 Å². The number of hydrogen-bond donors (Lipinski definition) is 0. The van der Waals surface area contributed by atoms with Crippen LogP contribution in [0.3, 0.4) is 0 Å². The number of nitrogens with zero attached hydrogens (tertiary/aromatic N) is 5. The van der Waals surface area contributed by atoms with E-state index in [9.17, 15) is 4.79 Å². The summed E-state index contributed by atoms with van der Waals surface area (Å²) in [6.45, 7) is 5.55. The summed E-state index contributed by atoms with van der Waals surface area (Å²) in [6, 6.07) is 0. The van der Waals surface area contributed by atoms with E-state index in [1.165, 1.54) is 24.7 Å². The summed E-state index contributed by atoms with van der Waals surface area (Å²) >= 11 is 0. The molecule has 0 N–H and O–H groups in total. The van der Waals surface area contributed by atoms with Gasteiger partial charge in [-0.1, -0.05) is 0 Å². The first-order valence-electron chi connectivity index (χ1n) is 8.94. The fourth-order valence-corrected chi connectivity index (χ4v) is 3.42. The highest BCUT2D eigenvalue weighted by Gasteiger charge is 2.33. The second-order valence-electron chi connectivity index (χ2n) is 6.82. The Labute approximate surface area is 147 Å². The van der Waals surface area contributed by atoms with Gasteiger partial charge in [-0.15, -0.1) is 0 Å². The first-order chi connectivity index (χ1) is 12.3. The fourth-order valence-electron chi connectivity index (χ4n) is 3.42. The number of rotatable bonds is 6. The molecule has 0 radical (unpaired) electrons. The molecule has 0 unspecified atom stereocenters. The van der Waals surface area contributed by atoms with Crippen molar-refractivity contribution in [3.8, 4) is 0 Å². The van der Waals surface area contributed by atoms with Crippen LogP contribution in [0.15, 0.2) is 24.8 Å². The highest BCUT2D eigenvalue weighted by atomic mass is 16.5. The number of fused-ring (bicyclic) bond motifs is 1. The lowest BCUT2D eigenvalue weighted by Gasteiger charge is -2.33. The van der Waals surface area contributed by atoms with Crippen LogP contribution in [0.5, 0.6) is 0 Å². The maximum absolute atomic E-state index is 12.8. The number of carbonyl (C=O) groups is 1. The quantitative estimate of drug-likeness (QED) is 0.802. The molecule has 1 atom stereocenters. The Morgan fingerprint density at radius 1 is 1.28 bits per heavy atom. The molecule has 25 heavy (non-hydrogen) atoms. The minimum Gasteiger partial charge on any atom is -0.380 e. The Bertz CT molecular complexity index is 741. The van der Waals surface area contributed by atoms with E-state index in [4.69, 9.17) is 4.74 Å². The predicted octanol–water partition coefficient (Wildman–Crippen LogP) is 1.86. The molecule has 132 valence electrons. The highest BCUT2D eigenvalue weighted by molar-refractivity contribution is 5.92. The van der Waals surface area contributed by atoms with Crippen molar-refractivity contribution in [1.29, 1.82) is 0 Å². The summed E-state index contributed by atoms with van der Waals surface area (Å²) in [5, 5.41) is 4.48. The summed E-state index contributed by atoms with van der Waals surface area (Å²) in [7, 11) is 0. The average molecular weight is 341 g/mol. The number of hydrogen-bond acceptors (Lipinski definition) is 5. The van der Waals surface area contributed by atoms with Gasteiger partial charge in [0, 0.05) is 50.1 Å². The number of aromatic nitrogens is 4. The Kier molecular flexibility index (Phi) is 4.48. The first-order valence-corrected chi connectivity index (χ1v) is 8.94. The molecule has 3 heterocycles. The second kappa shape index (κ2) is 6.92. The van der Waals surface area contributed by atoms with Gasteiger partial charge in [0.2, 0.25) is 0 Å². The molecule has 1 amide bonds. The monoisotopic (exact) mass is 341 g/mol. The minimum atomic E-state index is -0.0878. The van der Waals surface area contributed by atoms with E-state index < -0.39 is 0 Å². The molecule has 1 aliphatic heterocycles. The standard InChI is InChI=1S/C18H23N5O2/c1-2-23-17-14(7-21-23)9-22(18(24)16-8-19-5-6-20-16)10-15(17)12-25-11-13-3-4-13/h5-8,13,15H,2-4,9-12H2,1H3/t15-/m1/s1. The molecule has 1 fully saturated rings. The van der Waals surface area contributed by atoms with Crippen LogP contribution in [0.4, 0.5) is 0 Å². The van der Waals surface area contributed by atoms with Gasteiger partial charge >= 0.3 is 0 Å². The normalized spacial score (nSPS) is 19.7. The summed E-state index contributed by atoms with van der Waals surface area (Å²) in [5.74, 6) is 0.789. The molecular weight excluding hydrogens is 318 g/mol. The van der Waals surface area contributed by atoms with Crippen LogP contribution in [-0.4, -0.2) is 50.3 Å². The molecule has 4 rings (SSSR count). The molecule has 1 saturated carbocycles. The molecular formula is C18H23N5O2. The molecule has 2 aromatic rings. The van der Waals surface area contributed by atoms with Gasteiger partial charge in [0.05, 0.1) is 24.7 Å². The van der Waals surface area contributed by atoms with Crippen molar-refractivity contribution in [3.05, 3.63) is 41.7 Å². The lowest BCUT2D eigenvalue weighted by atomic mass is 9.96. The van der Waals surface area contributed by atoms with Crippen LogP contribution in [0.2, 0.25) is 0 Å². The number of aryl methyl sites for hydroxylation is 1. The third-order valence-electron chi connectivity index (χ3n) is 4.89. The molecule has 0 spiro atoms. The largest absolute Gasteiger partial charge is 0.380 e. The minimum absolute atomic E-state index is 0.0878. The van der Waals surface area contributed by atoms with E-state index in [0.29, 0.717) is 25.4 Å². The van der Waals surface area contributed by atoms with Gasteiger partial charge in [-0.05, 0) is 25.7 Å². The molecule has 0 saturated heterocycles. The maximum atomic E-state index is 12.8. The van der Waals surface area contributed by atoms with E-state index in [1.54, 1.807) is 12.4 Å². The molecule has 0 aromatic carbocycles. The Balaban J connectivity index is 1.54. The summed E-state index contributed by atoms with van der Waals surface area (Å²) in [5.41, 5.74) is 2.69. The molecule has 7 nitrogen and oxygen atoms in total. The molecule has 1 aliphatic carbocycles. The van der Waals surface area contributed by atoms with Crippen LogP contribution < -0.4 is 0 Å². The zero-order valence-electron chi connectivity index (χ0n) is 14.5. The Morgan fingerprint density at radius 2 is 2.16 bits per heavy atom. The third-order valence-corrected chi connectivity index (χ3v) is 4.89. The second-order valence-corrected chi connectivity index (χ2v) is 6.82. The Morgan fingerprint density at radius 3 is 2.88 bits per heavy atom. The van der Waals surface area contributed by atoms with Gasteiger partial charge in [0.25, 0.3) is 5.91 Å². The summed E-state index contributed by atoms with van der Waals surface area (Å²) in [4.78, 5) is 22.8. The SMILES string of the molecule is CCn1ncc2c1[C@@H](COCC1CC1)CN(C(=O)c1cnccn1)C2.